The average Bonchev–Trinajstić information content (AvgIpc) is 2.76. The summed E-state index contributed by atoms with van der Waals surface area (Å²) < 4.78 is 14.6. The third kappa shape index (κ3) is 5.22. The highest BCUT2D eigenvalue weighted by Gasteiger charge is 2.22. The largest absolute Gasteiger partial charge is 0.382 e. The van der Waals surface area contributed by atoms with E-state index in [-0.39, 0.29) is 17.8 Å². The number of halogens is 2. The third-order valence-corrected chi connectivity index (χ3v) is 5.67. The van der Waals surface area contributed by atoms with E-state index in [1.807, 2.05) is 12.1 Å². The number of pyridine rings is 1. The van der Waals surface area contributed by atoms with Gasteiger partial charge in [-0.05, 0) is 49.6 Å². The fraction of sp³-hybridized carbons (Fsp3) is 0.269. The Morgan fingerprint density at radius 1 is 1.25 bits per heavy atom. The molecule has 0 bridgehead atoms. The van der Waals surface area contributed by atoms with Gasteiger partial charge in [0.2, 0.25) is 0 Å². The molecule has 3 rings (SSSR count). The molecule has 0 amide bonds. The smallest absolute Gasteiger partial charge is 0.131 e. The van der Waals surface area contributed by atoms with Gasteiger partial charge in [-0.3, -0.25) is 4.98 Å². The van der Waals surface area contributed by atoms with Crippen LogP contribution in [0.25, 0.3) is 11.3 Å². The molecule has 32 heavy (non-hydrogen) atoms. The molecular formula is C26H30ClFN4. The third-order valence-electron chi connectivity index (χ3n) is 5.43. The average molecular weight is 453 g/mol. The van der Waals surface area contributed by atoms with Gasteiger partial charge in [0.05, 0.1) is 11.4 Å². The Morgan fingerprint density at radius 2 is 2.00 bits per heavy atom. The van der Waals surface area contributed by atoms with Crippen molar-refractivity contribution in [3.63, 3.8) is 0 Å². The highest BCUT2D eigenvalue weighted by Crippen LogP contribution is 2.34. The molecule has 2 heterocycles. The summed E-state index contributed by atoms with van der Waals surface area (Å²) in [7, 11) is 0. The van der Waals surface area contributed by atoms with E-state index in [2.05, 4.69) is 61.8 Å². The quantitative estimate of drug-likeness (QED) is 0.416. The van der Waals surface area contributed by atoms with Crippen LogP contribution in [0.5, 0.6) is 0 Å². The van der Waals surface area contributed by atoms with Crippen molar-refractivity contribution in [1.29, 1.82) is 0 Å². The van der Waals surface area contributed by atoms with Crippen LogP contribution in [0, 0.1) is 11.7 Å². The number of aromatic nitrogens is 1. The van der Waals surface area contributed by atoms with Crippen molar-refractivity contribution in [2.24, 2.45) is 5.92 Å². The Hall–Kier alpha value is -3.05. The molecule has 1 aliphatic heterocycles. The molecule has 0 spiro atoms. The van der Waals surface area contributed by atoms with Crippen LogP contribution >= 0.6 is 11.6 Å². The number of hydrogen-bond acceptors (Lipinski definition) is 4. The number of benzene rings is 1. The summed E-state index contributed by atoms with van der Waals surface area (Å²) >= 11 is 6.14. The van der Waals surface area contributed by atoms with Gasteiger partial charge < -0.3 is 16.0 Å². The molecule has 0 radical (unpaired) electrons. The van der Waals surface area contributed by atoms with E-state index in [1.165, 1.54) is 12.1 Å². The van der Waals surface area contributed by atoms with Crippen LogP contribution in [0.1, 0.15) is 45.2 Å². The molecule has 4 nitrogen and oxygen atoms in total. The van der Waals surface area contributed by atoms with Gasteiger partial charge in [-0.15, -0.1) is 0 Å². The van der Waals surface area contributed by atoms with Crippen LogP contribution in [-0.2, 0) is 0 Å². The predicted molar refractivity (Wildman–Crippen MR) is 133 cm³/mol. The zero-order valence-electron chi connectivity index (χ0n) is 19.0. The first-order chi connectivity index (χ1) is 15.2. The Balaban J connectivity index is 2.05. The summed E-state index contributed by atoms with van der Waals surface area (Å²) in [5, 5.41) is 10.8. The van der Waals surface area contributed by atoms with Crippen molar-refractivity contribution in [2.75, 3.05) is 5.32 Å². The Labute approximate surface area is 195 Å². The summed E-state index contributed by atoms with van der Waals surface area (Å²) in [4.78, 5) is 4.28. The molecule has 3 N–H and O–H groups in total. The van der Waals surface area contributed by atoms with E-state index in [0.29, 0.717) is 21.9 Å². The molecule has 0 saturated heterocycles. The number of nitrogens with one attached hydrogen (secondary N) is 3. The van der Waals surface area contributed by atoms with Crippen LogP contribution in [-0.4, -0.2) is 11.0 Å². The maximum Gasteiger partial charge on any atom is 0.131 e. The topological polar surface area (TPSA) is 49.0 Å². The molecule has 0 aliphatic carbocycles. The van der Waals surface area contributed by atoms with Gasteiger partial charge >= 0.3 is 0 Å². The number of anilines is 1. The van der Waals surface area contributed by atoms with Gasteiger partial charge in [0, 0.05) is 57.2 Å². The van der Waals surface area contributed by atoms with E-state index in [9.17, 15) is 4.39 Å². The Morgan fingerprint density at radius 3 is 2.69 bits per heavy atom. The van der Waals surface area contributed by atoms with Gasteiger partial charge in [-0.2, -0.15) is 0 Å². The standard InChI is InChI=1S/C26H30ClFN4/c1-7-16(4)30-18(6)22-14-29-11-10-24(22)32-25-13-20(17(5)31-26(25)15(2)3)21-12-19(27)8-9-23(21)28/h8-16,30-31H,5-7H2,1-4H3,(H,29,32). The lowest BCUT2D eigenvalue weighted by molar-refractivity contribution is 0.623. The van der Waals surface area contributed by atoms with Gasteiger partial charge in [-0.25, -0.2) is 4.39 Å². The second-order valence-corrected chi connectivity index (χ2v) is 8.68. The van der Waals surface area contributed by atoms with Crippen molar-refractivity contribution in [3.05, 3.63) is 95.0 Å². The predicted octanol–water partition coefficient (Wildman–Crippen LogP) is 6.71. The molecule has 1 aliphatic rings. The lowest BCUT2D eigenvalue weighted by atomic mass is 9.95. The first kappa shape index (κ1) is 23.6. The minimum atomic E-state index is -0.355. The van der Waals surface area contributed by atoms with Gasteiger partial charge in [0.15, 0.2) is 0 Å². The SMILES string of the molecule is C=C1NC(C(C)C)=C(Nc2ccncc2C(=C)NC(C)CC)C=C1c1cc(Cl)ccc1F. The first-order valence-corrected chi connectivity index (χ1v) is 11.1. The molecule has 1 unspecified atom stereocenters. The number of dihydropyridines is 1. The van der Waals surface area contributed by atoms with E-state index in [4.69, 9.17) is 11.6 Å². The van der Waals surface area contributed by atoms with Crippen molar-refractivity contribution in [2.45, 2.75) is 40.2 Å². The number of nitrogens with zero attached hydrogens (tertiary/aromatic N) is 1. The van der Waals surface area contributed by atoms with E-state index in [1.54, 1.807) is 18.5 Å². The zero-order chi connectivity index (χ0) is 23.4. The fourth-order valence-corrected chi connectivity index (χ4v) is 3.65. The van der Waals surface area contributed by atoms with Gasteiger partial charge in [-0.1, -0.05) is 45.5 Å². The summed E-state index contributed by atoms with van der Waals surface area (Å²) in [6, 6.07) is 6.71. The fourth-order valence-electron chi connectivity index (χ4n) is 3.48. The van der Waals surface area contributed by atoms with Gasteiger partial charge in [0.1, 0.15) is 5.82 Å². The van der Waals surface area contributed by atoms with E-state index in [0.717, 1.165) is 34.8 Å². The molecule has 0 saturated carbocycles. The van der Waals surface area contributed by atoms with E-state index >= 15 is 0 Å². The van der Waals surface area contributed by atoms with Crippen LogP contribution in [0.15, 0.2) is 73.0 Å². The van der Waals surface area contributed by atoms with Crippen molar-refractivity contribution >= 4 is 28.6 Å². The minimum Gasteiger partial charge on any atom is -0.382 e. The summed E-state index contributed by atoms with van der Waals surface area (Å²) in [6.45, 7) is 16.7. The summed E-state index contributed by atoms with van der Waals surface area (Å²) in [5.41, 5.74) is 5.97. The highest BCUT2D eigenvalue weighted by molar-refractivity contribution is 6.30. The lowest BCUT2D eigenvalue weighted by Crippen LogP contribution is -2.26. The van der Waals surface area contributed by atoms with Crippen molar-refractivity contribution in [3.8, 4) is 0 Å². The Kier molecular flexibility index (Phi) is 7.41. The second-order valence-electron chi connectivity index (χ2n) is 8.25. The molecule has 0 fully saturated rings. The number of rotatable bonds is 8. The van der Waals surface area contributed by atoms with Crippen molar-refractivity contribution in [1.82, 2.24) is 15.6 Å². The maximum absolute atomic E-state index is 14.6. The second kappa shape index (κ2) is 10.0. The highest BCUT2D eigenvalue weighted by atomic mass is 35.5. The molecule has 6 heteroatoms. The summed E-state index contributed by atoms with van der Waals surface area (Å²) in [5.74, 6) is -0.172. The molecule has 2 aromatic rings. The minimum absolute atomic E-state index is 0.183. The van der Waals surface area contributed by atoms with Crippen LogP contribution in [0.2, 0.25) is 5.02 Å². The first-order valence-electron chi connectivity index (χ1n) is 10.8. The van der Waals surface area contributed by atoms with Crippen LogP contribution in [0.3, 0.4) is 0 Å². The molecule has 1 atom stereocenters. The van der Waals surface area contributed by atoms with Crippen molar-refractivity contribution < 1.29 is 4.39 Å². The van der Waals surface area contributed by atoms with Gasteiger partial charge in [0.25, 0.3) is 0 Å². The van der Waals surface area contributed by atoms with Crippen LogP contribution in [0.4, 0.5) is 10.1 Å². The normalized spacial score (nSPS) is 14.7. The monoisotopic (exact) mass is 452 g/mol. The maximum atomic E-state index is 14.6. The summed E-state index contributed by atoms with van der Waals surface area (Å²) in [6.07, 6.45) is 6.41. The van der Waals surface area contributed by atoms with E-state index < -0.39 is 0 Å². The molecular weight excluding hydrogens is 423 g/mol. The number of allylic oxidation sites excluding steroid dienone is 3. The lowest BCUT2D eigenvalue weighted by Gasteiger charge is -2.28. The molecule has 1 aromatic heterocycles. The zero-order valence-corrected chi connectivity index (χ0v) is 19.8. The molecule has 1 aromatic carbocycles. The Bertz CT molecular complexity index is 1100. The number of hydrogen-bond donors (Lipinski definition) is 3. The van der Waals surface area contributed by atoms with Crippen LogP contribution < -0.4 is 16.0 Å². The molecule has 168 valence electrons.